The Hall–Kier alpha value is -2.52. The summed E-state index contributed by atoms with van der Waals surface area (Å²) in [6.07, 6.45) is 2.99. The molecule has 1 heterocycles. The SMILES string of the molecule is O=C(Nc1ccc(Br)cc1Br)c1cnn(-c2ccc([N+](=O)[O-])cc2)c1. The minimum Gasteiger partial charge on any atom is -0.321 e. The molecule has 9 heteroatoms. The summed E-state index contributed by atoms with van der Waals surface area (Å²) in [5.41, 5.74) is 1.62. The second kappa shape index (κ2) is 7.16. The molecule has 25 heavy (non-hydrogen) atoms. The van der Waals surface area contributed by atoms with Crippen LogP contribution in [0.1, 0.15) is 10.4 Å². The van der Waals surface area contributed by atoms with Crippen molar-refractivity contribution in [3.8, 4) is 5.69 Å². The molecule has 0 spiro atoms. The number of amides is 1. The van der Waals surface area contributed by atoms with E-state index in [2.05, 4.69) is 42.3 Å². The molecule has 0 saturated heterocycles. The third-order valence-corrected chi connectivity index (χ3v) is 4.50. The van der Waals surface area contributed by atoms with Crippen molar-refractivity contribution in [2.24, 2.45) is 0 Å². The summed E-state index contributed by atoms with van der Waals surface area (Å²) in [6, 6.07) is 11.3. The highest BCUT2D eigenvalue weighted by Gasteiger charge is 2.12. The number of nitro benzene ring substituents is 1. The number of nitro groups is 1. The van der Waals surface area contributed by atoms with E-state index in [1.807, 2.05) is 12.1 Å². The van der Waals surface area contributed by atoms with Gasteiger partial charge >= 0.3 is 0 Å². The minimum atomic E-state index is -0.470. The van der Waals surface area contributed by atoms with E-state index in [1.165, 1.54) is 23.0 Å². The van der Waals surface area contributed by atoms with Gasteiger partial charge in [0.05, 0.1) is 28.1 Å². The molecule has 3 aromatic rings. The van der Waals surface area contributed by atoms with Crippen molar-refractivity contribution in [1.29, 1.82) is 0 Å². The first-order chi connectivity index (χ1) is 11.9. The third kappa shape index (κ3) is 3.94. The van der Waals surface area contributed by atoms with E-state index >= 15 is 0 Å². The van der Waals surface area contributed by atoms with Crippen LogP contribution < -0.4 is 5.32 Å². The highest BCUT2D eigenvalue weighted by atomic mass is 79.9. The van der Waals surface area contributed by atoms with Crippen LogP contribution in [-0.2, 0) is 0 Å². The number of halogens is 2. The van der Waals surface area contributed by atoms with Crippen molar-refractivity contribution in [2.75, 3.05) is 5.32 Å². The lowest BCUT2D eigenvalue weighted by atomic mass is 10.2. The number of non-ortho nitro benzene ring substituents is 1. The molecular formula is C16H10Br2N4O3. The van der Waals surface area contributed by atoms with E-state index in [0.29, 0.717) is 16.9 Å². The Morgan fingerprint density at radius 3 is 2.52 bits per heavy atom. The fraction of sp³-hybridized carbons (Fsp3) is 0. The van der Waals surface area contributed by atoms with Crippen LogP contribution in [0, 0.1) is 10.1 Å². The first-order valence-corrected chi connectivity index (χ1v) is 8.58. The van der Waals surface area contributed by atoms with Gasteiger partial charge < -0.3 is 5.32 Å². The van der Waals surface area contributed by atoms with Gasteiger partial charge in [-0.3, -0.25) is 14.9 Å². The molecule has 0 bridgehead atoms. The van der Waals surface area contributed by atoms with E-state index in [-0.39, 0.29) is 11.6 Å². The largest absolute Gasteiger partial charge is 0.321 e. The van der Waals surface area contributed by atoms with Crippen LogP contribution in [-0.4, -0.2) is 20.6 Å². The molecule has 2 aromatic carbocycles. The normalized spacial score (nSPS) is 10.5. The van der Waals surface area contributed by atoms with Gasteiger partial charge in [0.2, 0.25) is 0 Å². The molecule has 0 unspecified atom stereocenters. The van der Waals surface area contributed by atoms with Crippen molar-refractivity contribution in [3.05, 3.63) is 79.5 Å². The second-order valence-corrected chi connectivity index (χ2v) is 6.80. The van der Waals surface area contributed by atoms with Gasteiger partial charge in [-0.25, -0.2) is 4.68 Å². The van der Waals surface area contributed by atoms with Crippen LogP contribution in [0.3, 0.4) is 0 Å². The van der Waals surface area contributed by atoms with Gasteiger partial charge in [0.1, 0.15) is 0 Å². The maximum Gasteiger partial charge on any atom is 0.269 e. The summed E-state index contributed by atoms with van der Waals surface area (Å²) in [5, 5.41) is 17.6. The molecule has 7 nitrogen and oxygen atoms in total. The van der Waals surface area contributed by atoms with Gasteiger partial charge in [0.25, 0.3) is 11.6 Å². The van der Waals surface area contributed by atoms with Crippen molar-refractivity contribution in [2.45, 2.75) is 0 Å². The smallest absolute Gasteiger partial charge is 0.269 e. The molecule has 1 aromatic heterocycles. The summed E-state index contributed by atoms with van der Waals surface area (Å²) < 4.78 is 3.12. The third-order valence-electron chi connectivity index (χ3n) is 3.35. The lowest BCUT2D eigenvalue weighted by molar-refractivity contribution is -0.384. The standard InChI is InChI=1S/C16H10Br2N4O3/c17-11-1-6-15(14(18)7-11)20-16(23)10-8-19-21(9-10)12-2-4-13(5-3-12)22(24)25/h1-9H,(H,20,23). The lowest BCUT2D eigenvalue weighted by Crippen LogP contribution is -2.11. The molecule has 0 aliphatic carbocycles. The Morgan fingerprint density at radius 2 is 1.88 bits per heavy atom. The predicted octanol–water partition coefficient (Wildman–Crippen LogP) is 4.56. The molecule has 0 atom stereocenters. The fourth-order valence-electron chi connectivity index (χ4n) is 2.09. The van der Waals surface area contributed by atoms with Crippen LogP contribution in [0.15, 0.2) is 63.8 Å². The van der Waals surface area contributed by atoms with Gasteiger partial charge in [0, 0.05) is 27.3 Å². The minimum absolute atomic E-state index is 0.00559. The molecule has 0 fully saturated rings. The lowest BCUT2D eigenvalue weighted by Gasteiger charge is -2.06. The zero-order chi connectivity index (χ0) is 18.0. The number of nitrogens with one attached hydrogen (secondary N) is 1. The summed E-state index contributed by atoms with van der Waals surface area (Å²) in [4.78, 5) is 22.6. The molecule has 0 saturated carbocycles. The van der Waals surface area contributed by atoms with Crippen LogP contribution in [0.25, 0.3) is 5.69 Å². The van der Waals surface area contributed by atoms with Crippen LogP contribution in [0.2, 0.25) is 0 Å². The monoisotopic (exact) mass is 464 g/mol. The van der Waals surface area contributed by atoms with E-state index in [1.54, 1.807) is 24.4 Å². The van der Waals surface area contributed by atoms with Crippen molar-refractivity contribution in [1.82, 2.24) is 9.78 Å². The van der Waals surface area contributed by atoms with Crippen molar-refractivity contribution >= 4 is 49.1 Å². The van der Waals surface area contributed by atoms with E-state index in [4.69, 9.17) is 0 Å². The number of hydrogen-bond donors (Lipinski definition) is 1. The predicted molar refractivity (Wildman–Crippen MR) is 100 cm³/mol. The summed E-state index contributed by atoms with van der Waals surface area (Å²) in [7, 11) is 0. The first-order valence-electron chi connectivity index (χ1n) is 7.00. The zero-order valence-corrected chi connectivity index (χ0v) is 15.7. The molecule has 126 valence electrons. The molecule has 0 aliphatic heterocycles. The number of anilines is 1. The molecule has 1 N–H and O–H groups in total. The number of nitrogens with zero attached hydrogens (tertiary/aromatic N) is 3. The number of benzene rings is 2. The average Bonchev–Trinajstić information content (AvgIpc) is 3.07. The molecule has 3 rings (SSSR count). The summed E-state index contributed by atoms with van der Waals surface area (Å²) >= 11 is 6.74. The Balaban J connectivity index is 1.78. The maximum atomic E-state index is 12.4. The van der Waals surface area contributed by atoms with Crippen LogP contribution in [0.4, 0.5) is 11.4 Å². The summed E-state index contributed by atoms with van der Waals surface area (Å²) in [6.45, 7) is 0. The fourth-order valence-corrected chi connectivity index (χ4v) is 3.24. The highest BCUT2D eigenvalue weighted by molar-refractivity contribution is 9.11. The average molecular weight is 466 g/mol. The quantitative estimate of drug-likeness (QED) is 0.451. The van der Waals surface area contributed by atoms with Crippen molar-refractivity contribution in [3.63, 3.8) is 0 Å². The highest BCUT2D eigenvalue weighted by Crippen LogP contribution is 2.26. The zero-order valence-electron chi connectivity index (χ0n) is 12.5. The Morgan fingerprint density at radius 1 is 1.16 bits per heavy atom. The molecule has 1 amide bonds. The number of carbonyl (C=O) groups excluding carboxylic acids is 1. The number of aromatic nitrogens is 2. The van der Waals surface area contributed by atoms with Gasteiger partial charge in [-0.05, 0) is 46.3 Å². The van der Waals surface area contributed by atoms with E-state index in [0.717, 1.165) is 8.95 Å². The van der Waals surface area contributed by atoms with E-state index in [9.17, 15) is 14.9 Å². The molecule has 0 aliphatic rings. The molecule has 0 radical (unpaired) electrons. The number of carbonyl (C=O) groups is 1. The van der Waals surface area contributed by atoms with Gasteiger partial charge in [-0.1, -0.05) is 15.9 Å². The Labute approximate surface area is 159 Å². The van der Waals surface area contributed by atoms with Crippen LogP contribution in [0.5, 0.6) is 0 Å². The van der Waals surface area contributed by atoms with Gasteiger partial charge in [-0.15, -0.1) is 0 Å². The van der Waals surface area contributed by atoms with E-state index < -0.39 is 4.92 Å². The topological polar surface area (TPSA) is 90.1 Å². The summed E-state index contributed by atoms with van der Waals surface area (Å²) in [5.74, 6) is -0.309. The Kier molecular flexibility index (Phi) is 4.95. The van der Waals surface area contributed by atoms with Gasteiger partial charge in [0.15, 0.2) is 0 Å². The second-order valence-electron chi connectivity index (χ2n) is 5.03. The number of rotatable bonds is 4. The maximum absolute atomic E-state index is 12.4. The first kappa shape index (κ1) is 17.3. The Bertz CT molecular complexity index is 954. The number of hydrogen-bond acceptors (Lipinski definition) is 4. The molecular weight excluding hydrogens is 456 g/mol. The van der Waals surface area contributed by atoms with Gasteiger partial charge in [-0.2, -0.15) is 5.10 Å². The van der Waals surface area contributed by atoms with Crippen LogP contribution >= 0.6 is 31.9 Å². The van der Waals surface area contributed by atoms with Crippen molar-refractivity contribution < 1.29 is 9.72 Å².